The van der Waals surface area contributed by atoms with E-state index >= 15 is 0 Å². The Bertz CT molecular complexity index is 649. The minimum Gasteiger partial charge on any atom is -0.473 e. The van der Waals surface area contributed by atoms with Crippen LogP contribution in [0.25, 0.3) is 0 Å². The van der Waals surface area contributed by atoms with Crippen molar-refractivity contribution >= 4 is 27.3 Å². The number of ether oxygens (including phenoxy) is 2. The molecule has 1 N–H and O–H groups in total. The van der Waals surface area contributed by atoms with Crippen LogP contribution < -0.4 is 9.46 Å². The van der Waals surface area contributed by atoms with Gasteiger partial charge >= 0.3 is 0 Å². The van der Waals surface area contributed by atoms with Gasteiger partial charge in [0.15, 0.2) is 4.21 Å². The lowest BCUT2D eigenvalue weighted by molar-refractivity contribution is -0.135. The first-order chi connectivity index (χ1) is 10.3. The molecule has 0 atom stereocenters. The first-order valence-corrected chi connectivity index (χ1v) is 9.22. The van der Waals surface area contributed by atoms with Gasteiger partial charge in [-0.25, -0.2) is 18.1 Å². The maximum Gasteiger partial charge on any atom is 0.275 e. The molecule has 2 rings (SSSR count). The molecular formula is C13H20N2O5S2. The Labute approximate surface area is 134 Å². The molecule has 1 amide bonds. The molecule has 1 saturated carbocycles. The fourth-order valence-electron chi connectivity index (χ4n) is 2.46. The van der Waals surface area contributed by atoms with Crippen molar-refractivity contribution in [2.24, 2.45) is 5.41 Å². The maximum absolute atomic E-state index is 12.4. The third kappa shape index (κ3) is 3.26. The summed E-state index contributed by atoms with van der Waals surface area (Å²) in [4.78, 5) is 16.4. The van der Waals surface area contributed by atoms with E-state index in [0.717, 1.165) is 17.8 Å². The molecule has 1 aromatic heterocycles. The number of hydrogen-bond donors (Lipinski definition) is 1. The molecule has 0 bridgehead atoms. The molecule has 9 heteroatoms. The third-order valence-corrected chi connectivity index (χ3v) is 7.02. The first kappa shape index (κ1) is 17.2. The van der Waals surface area contributed by atoms with Crippen LogP contribution in [0.15, 0.2) is 4.21 Å². The lowest BCUT2D eigenvalue weighted by Gasteiger charge is -2.39. The number of aryl methyl sites for hydroxylation is 1. The summed E-state index contributed by atoms with van der Waals surface area (Å²) in [6.45, 7) is 2.00. The molecule has 0 radical (unpaired) electrons. The van der Waals surface area contributed by atoms with Crippen molar-refractivity contribution in [3.05, 3.63) is 5.69 Å². The van der Waals surface area contributed by atoms with E-state index in [1.54, 1.807) is 14.0 Å². The Balaban J connectivity index is 2.17. The number of hydrogen-bond acceptors (Lipinski definition) is 7. The van der Waals surface area contributed by atoms with Crippen LogP contribution in [0.1, 0.15) is 31.4 Å². The van der Waals surface area contributed by atoms with Gasteiger partial charge in [-0.1, -0.05) is 17.8 Å². The van der Waals surface area contributed by atoms with Gasteiger partial charge in [0.25, 0.3) is 15.2 Å². The highest BCUT2D eigenvalue weighted by molar-refractivity contribution is 7.92. The Kier molecular flexibility index (Phi) is 5.08. The number of amides is 1. The fourth-order valence-corrected chi connectivity index (χ4v) is 4.85. The zero-order valence-corrected chi connectivity index (χ0v) is 14.5. The number of carbonyl (C=O) groups excluding carboxylic acids is 1. The number of carbonyl (C=O) groups is 1. The Morgan fingerprint density at radius 2 is 2.09 bits per heavy atom. The van der Waals surface area contributed by atoms with E-state index in [2.05, 4.69) is 9.71 Å². The molecule has 0 spiro atoms. The monoisotopic (exact) mass is 348 g/mol. The van der Waals surface area contributed by atoms with Crippen molar-refractivity contribution in [2.45, 2.75) is 36.8 Å². The normalized spacial score (nSPS) is 16.9. The van der Waals surface area contributed by atoms with Gasteiger partial charge in [-0.2, -0.15) is 0 Å². The minimum absolute atomic E-state index is 0.0129. The number of nitrogens with zero attached hydrogens (tertiary/aromatic N) is 1. The summed E-state index contributed by atoms with van der Waals surface area (Å²) >= 11 is 0.902. The Morgan fingerprint density at radius 1 is 1.41 bits per heavy atom. The number of sulfonamides is 1. The lowest BCUT2D eigenvalue weighted by Crippen LogP contribution is -2.48. The van der Waals surface area contributed by atoms with Gasteiger partial charge in [-0.3, -0.25) is 4.79 Å². The van der Waals surface area contributed by atoms with Gasteiger partial charge in [0.05, 0.1) is 18.2 Å². The van der Waals surface area contributed by atoms with Crippen LogP contribution in [0, 0.1) is 12.3 Å². The standard InChI is InChI=1S/C13H20N2O5S2/c1-9-10(21-12(14-9)20-3)22(17,18)15-11(16)13(5-4-6-13)7-8-19-2/h4-8H2,1-3H3,(H,15,16). The summed E-state index contributed by atoms with van der Waals surface area (Å²) in [5.74, 6) is -0.456. The SMILES string of the molecule is COCCC1(C(=O)NS(=O)(=O)c2sc(OC)nc2C)CCC1. The molecule has 1 aliphatic carbocycles. The second-order valence-corrected chi connectivity index (χ2v) is 8.21. The van der Waals surface area contributed by atoms with E-state index in [4.69, 9.17) is 9.47 Å². The third-order valence-electron chi connectivity index (χ3n) is 3.96. The molecule has 124 valence electrons. The van der Waals surface area contributed by atoms with Crippen LogP contribution in [0.2, 0.25) is 0 Å². The molecule has 1 aliphatic rings. The smallest absolute Gasteiger partial charge is 0.275 e. The highest BCUT2D eigenvalue weighted by Crippen LogP contribution is 2.44. The predicted octanol–water partition coefficient (Wildman–Crippen LogP) is 1.47. The van der Waals surface area contributed by atoms with E-state index in [9.17, 15) is 13.2 Å². The van der Waals surface area contributed by atoms with Crippen LogP contribution in [0.4, 0.5) is 0 Å². The molecule has 0 saturated heterocycles. The quantitative estimate of drug-likeness (QED) is 0.802. The van der Waals surface area contributed by atoms with Crippen molar-refractivity contribution in [1.29, 1.82) is 0 Å². The van der Waals surface area contributed by atoms with Gasteiger partial charge < -0.3 is 9.47 Å². The van der Waals surface area contributed by atoms with Crippen molar-refractivity contribution < 1.29 is 22.7 Å². The van der Waals surface area contributed by atoms with Gasteiger partial charge in [0, 0.05) is 13.7 Å². The van der Waals surface area contributed by atoms with Crippen molar-refractivity contribution in [2.75, 3.05) is 20.8 Å². The van der Waals surface area contributed by atoms with Crippen LogP contribution >= 0.6 is 11.3 Å². The van der Waals surface area contributed by atoms with Crippen LogP contribution in [-0.2, 0) is 19.6 Å². The van der Waals surface area contributed by atoms with E-state index in [1.807, 2.05) is 0 Å². The number of methoxy groups -OCH3 is 2. The van der Waals surface area contributed by atoms with E-state index in [1.165, 1.54) is 7.11 Å². The van der Waals surface area contributed by atoms with Crippen LogP contribution in [0.3, 0.4) is 0 Å². The summed E-state index contributed by atoms with van der Waals surface area (Å²) in [5.41, 5.74) is -0.312. The number of thiazole rings is 1. The largest absolute Gasteiger partial charge is 0.473 e. The van der Waals surface area contributed by atoms with Gasteiger partial charge in [0.2, 0.25) is 5.91 Å². The average molecular weight is 348 g/mol. The van der Waals surface area contributed by atoms with Gasteiger partial charge in [-0.15, -0.1) is 0 Å². The summed E-state index contributed by atoms with van der Waals surface area (Å²) in [7, 11) is -0.947. The van der Waals surface area contributed by atoms with E-state index < -0.39 is 21.3 Å². The minimum atomic E-state index is -3.93. The average Bonchev–Trinajstić information content (AvgIpc) is 2.79. The topological polar surface area (TPSA) is 94.6 Å². The summed E-state index contributed by atoms with van der Waals surface area (Å²) in [6.07, 6.45) is 2.81. The number of rotatable bonds is 7. The summed E-state index contributed by atoms with van der Waals surface area (Å²) < 4.78 is 37.0. The maximum atomic E-state index is 12.4. The zero-order valence-electron chi connectivity index (χ0n) is 12.8. The second-order valence-electron chi connectivity index (χ2n) is 5.37. The predicted molar refractivity (Wildman–Crippen MR) is 81.5 cm³/mol. The zero-order chi connectivity index (χ0) is 16.4. The van der Waals surface area contributed by atoms with Crippen LogP contribution in [0.5, 0.6) is 5.19 Å². The molecule has 1 fully saturated rings. The van der Waals surface area contributed by atoms with Crippen molar-refractivity contribution in [3.8, 4) is 5.19 Å². The molecule has 0 unspecified atom stereocenters. The molecule has 22 heavy (non-hydrogen) atoms. The number of nitrogens with one attached hydrogen (secondary N) is 1. The molecule has 1 aromatic rings. The van der Waals surface area contributed by atoms with Crippen molar-refractivity contribution in [3.63, 3.8) is 0 Å². The highest BCUT2D eigenvalue weighted by Gasteiger charge is 2.45. The molecule has 1 heterocycles. The Morgan fingerprint density at radius 3 is 2.55 bits per heavy atom. The van der Waals surface area contributed by atoms with E-state index in [0.29, 0.717) is 31.6 Å². The molecule has 0 aliphatic heterocycles. The second kappa shape index (κ2) is 6.51. The van der Waals surface area contributed by atoms with Crippen molar-refractivity contribution in [1.82, 2.24) is 9.71 Å². The van der Waals surface area contributed by atoms with Crippen LogP contribution in [-0.4, -0.2) is 40.1 Å². The highest BCUT2D eigenvalue weighted by atomic mass is 32.2. The first-order valence-electron chi connectivity index (χ1n) is 6.92. The Hall–Kier alpha value is -1.19. The van der Waals surface area contributed by atoms with Gasteiger partial charge in [0.1, 0.15) is 0 Å². The molecule has 0 aromatic carbocycles. The van der Waals surface area contributed by atoms with Gasteiger partial charge in [-0.05, 0) is 26.2 Å². The summed E-state index contributed by atoms with van der Waals surface area (Å²) in [6, 6.07) is 0. The fraction of sp³-hybridized carbons (Fsp3) is 0.692. The lowest BCUT2D eigenvalue weighted by atomic mass is 9.66. The molecular weight excluding hydrogens is 328 g/mol. The number of aromatic nitrogens is 1. The molecule has 7 nitrogen and oxygen atoms in total. The summed E-state index contributed by atoms with van der Waals surface area (Å²) in [5, 5.41) is 0.253. The van der Waals surface area contributed by atoms with E-state index in [-0.39, 0.29) is 9.40 Å².